The van der Waals surface area contributed by atoms with Crippen LogP contribution in [0.5, 0.6) is 0 Å². The molecule has 0 aliphatic carbocycles. The van der Waals surface area contributed by atoms with Crippen molar-refractivity contribution >= 4 is 5.78 Å². The summed E-state index contributed by atoms with van der Waals surface area (Å²) in [6.45, 7) is 6.54. The third kappa shape index (κ3) is 1.55. The molecule has 0 N–H and O–H groups in total. The molecule has 0 fully saturated rings. The molecule has 3 rings (SSSR count). The molecule has 0 bridgehead atoms. The van der Waals surface area contributed by atoms with Crippen LogP contribution in [0.4, 0.5) is 0 Å². The van der Waals surface area contributed by atoms with Gasteiger partial charge in [-0.15, -0.1) is 10.2 Å². The first-order valence-corrected chi connectivity index (χ1v) is 5.79. The molecule has 3 aromatic heterocycles. The Hall–Kier alpha value is -2.31. The van der Waals surface area contributed by atoms with Gasteiger partial charge in [0.25, 0.3) is 5.78 Å². The average Bonchev–Trinajstić information content (AvgIpc) is 2.91. The molecular formula is C11H13N7. The maximum absolute atomic E-state index is 4.40. The van der Waals surface area contributed by atoms with Crippen LogP contribution >= 0.6 is 0 Å². The monoisotopic (exact) mass is 243 g/mol. The van der Waals surface area contributed by atoms with Gasteiger partial charge in [-0.2, -0.15) is 5.10 Å². The van der Waals surface area contributed by atoms with Gasteiger partial charge in [0.15, 0.2) is 5.82 Å². The lowest BCUT2D eigenvalue weighted by Gasteiger charge is -2.00. The second-order valence-corrected chi connectivity index (χ2v) is 4.06. The van der Waals surface area contributed by atoms with E-state index in [9.17, 15) is 0 Å². The van der Waals surface area contributed by atoms with Crippen molar-refractivity contribution in [2.24, 2.45) is 0 Å². The molecule has 92 valence electrons. The fraction of sp³-hybridized carbons (Fsp3) is 0.364. The van der Waals surface area contributed by atoms with Crippen LogP contribution < -0.4 is 0 Å². The van der Waals surface area contributed by atoms with E-state index in [-0.39, 0.29) is 0 Å². The van der Waals surface area contributed by atoms with E-state index in [0.717, 1.165) is 18.1 Å². The van der Waals surface area contributed by atoms with E-state index in [1.807, 2.05) is 42.1 Å². The summed E-state index contributed by atoms with van der Waals surface area (Å²) < 4.78 is 3.63. The smallest absolute Gasteiger partial charge is 0.255 e. The Morgan fingerprint density at radius 2 is 1.94 bits per heavy atom. The average molecular weight is 243 g/mol. The third-order valence-corrected chi connectivity index (χ3v) is 2.70. The number of fused-ring (bicyclic) bond motifs is 1. The predicted molar refractivity (Wildman–Crippen MR) is 64.9 cm³/mol. The van der Waals surface area contributed by atoms with E-state index in [1.165, 1.54) is 0 Å². The Labute approximate surface area is 104 Å². The third-order valence-electron chi connectivity index (χ3n) is 2.70. The zero-order chi connectivity index (χ0) is 12.7. The molecule has 0 aliphatic rings. The van der Waals surface area contributed by atoms with Crippen LogP contribution in [0, 0.1) is 13.8 Å². The van der Waals surface area contributed by atoms with Gasteiger partial charge in [-0.05, 0) is 26.8 Å². The summed E-state index contributed by atoms with van der Waals surface area (Å²) in [5.41, 5.74) is 0.912. The van der Waals surface area contributed by atoms with E-state index in [4.69, 9.17) is 0 Å². The highest BCUT2D eigenvalue weighted by molar-refractivity contribution is 5.49. The van der Waals surface area contributed by atoms with Crippen molar-refractivity contribution in [3.8, 4) is 11.6 Å². The lowest BCUT2D eigenvalue weighted by molar-refractivity contribution is 0.656. The summed E-state index contributed by atoms with van der Waals surface area (Å²) in [6.07, 6.45) is 1.90. The second kappa shape index (κ2) is 3.86. The van der Waals surface area contributed by atoms with Crippen molar-refractivity contribution in [3.05, 3.63) is 23.8 Å². The molecule has 0 saturated heterocycles. The number of hydrogen-bond donors (Lipinski definition) is 0. The van der Waals surface area contributed by atoms with Gasteiger partial charge >= 0.3 is 0 Å². The molecule has 0 amide bonds. The Morgan fingerprint density at radius 1 is 1.11 bits per heavy atom. The number of hydrogen-bond acceptors (Lipinski definition) is 5. The molecule has 0 aliphatic heterocycles. The van der Waals surface area contributed by atoms with Crippen molar-refractivity contribution in [1.29, 1.82) is 0 Å². The molecule has 0 spiro atoms. The van der Waals surface area contributed by atoms with Crippen LogP contribution in [0.15, 0.2) is 12.3 Å². The van der Waals surface area contributed by atoms with Crippen LogP contribution in [0.3, 0.4) is 0 Å². The molecule has 0 saturated carbocycles. The Kier molecular flexibility index (Phi) is 2.32. The van der Waals surface area contributed by atoms with Crippen LogP contribution in [0.25, 0.3) is 17.4 Å². The zero-order valence-corrected chi connectivity index (χ0v) is 10.5. The predicted octanol–water partition coefficient (Wildman–Crippen LogP) is 1.02. The van der Waals surface area contributed by atoms with Gasteiger partial charge in [0, 0.05) is 18.4 Å². The quantitative estimate of drug-likeness (QED) is 0.671. The van der Waals surface area contributed by atoms with Crippen LogP contribution in [-0.2, 0) is 6.54 Å². The summed E-state index contributed by atoms with van der Waals surface area (Å²) in [4.78, 5) is 8.71. The van der Waals surface area contributed by atoms with Crippen LogP contribution in [-0.4, -0.2) is 34.3 Å². The van der Waals surface area contributed by atoms with Crippen LogP contribution in [0.1, 0.15) is 18.4 Å². The highest BCUT2D eigenvalue weighted by Gasteiger charge is 2.15. The van der Waals surface area contributed by atoms with Gasteiger partial charge < -0.3 is 0 Å². The molecule has 18 heavy (non-hydrogen) atoms. The van der Waals surface area contributed by atoms with E-state index in [0.29, 0.717) is 17.4 Å². The molecule has 7 heteroatoms. The largest absolute Gasteiger partial charge is 0.264 e. The van der Waals surface area contributed by atoms with Crippen LogP contribution in [0.2, 0.25) is 0 Å². The number of rotatable bonds is 2. The highest BCUT2D eigenvalue weighted by Crippen LogP contribution is 2.15. The maximum atomic E-state index is 4.40. The normalized spacial score (nSPS) is 11.3. The number of aromatic nitrogens is 7. The van der Waals surface area contributed by atoms with Crippen molar-refractivity contribution < 1.29 is 0 Å². The Bertz CT molecular complexity index is 709. The van der Waals surface area contributed by atoms with Crippen molar-refractivity contribution in [2.75, 3.05) is 0 Å². The fourth-order valence-corrected chi connectivity index (χ4v) is 1.87. The summed E-state index contributed by atoms with van der Waals surface area (Å²) in [5, 5.41) is 12.5. The van der Waals surface area contributed by atoms with Gasteiger partial charge in [0.1, 0.15) is 5.82 Å². The topological polar surface area (TPSA) is 73.8 Å². The molecule has 3 aromatic rings. The molecule has 0 atom stereocenters. The molecule has 7 nitrogen and oxygen atoms in total. The molecule has 0 unspecified atom stereocenters. The first kappa shape index (κ1) is 10.8. The van der Waals surface area contributed by atoms with Gasteiger partial charge in [-0.25, -0.2) is 14.6 Å². The highest BCUT2D eigenvalue weighted by atomic mass is 15.4. The summed E-state index contributed by atoms with van der Waals surface area (Å²) in [5.74, 6) is 2.69. The SMILES string of the molecule is CCn1nc(C)nc1-c1nnc2nc(C)ccn12. The van der Waals surface area contributed by atoms with E-state index < -0.39 is 0 Å². The van der Waals surface area contributed by atoms with Gasteiger partial charge in [0.2, 0.25) is 5.82 Å². The van der Waals surface area contributed by atoms with Gasteiger partial charge in [-0.3, -0.25) is 4.40 Å². The molecule has 3 heterocycles. The number of aryl methyl sites for hydroxylation is 3. The summed E-state index contributed by atoms with van der Waals surface area (Å²) in [6, 6.07) is 1.92. The first-order chi connectivity index (χ1) is 8.69. The van der Waals surface area contributed by atoms with Gasteiger partial charge in [0.05, 0.1) is 0 Å². The van der Waals surface area contributed by atoms with Gasteiger partial charge in [-0.1, -0.05) is 0 Å². The summed E-state index contributed by atoms with van der Waals surface area (Å²) in [7, 11) is 0. The van der Waals surface area contributed by atoms with Crippen molar-refractivity contribution in [2.45, 2.75) is 27.3 Å². The Morgan fingerprint density at radius 3 is 2.72 bits per heavy atom. The number of nitrogens with zero attached hydrogens (tertiary/aromatic N) is 7. The standard InChI is InChI=1S/C11H13N7/c1-4-18-9(13-8(3)16-18)10-14-15-11-12-7(2)5-6-17(10)11/h5-6H,4H2,1-3H3. The minimum absolute atomic E-state index is 0.577. The first-order valence-electron chi connectivity index (χ1n) is 5.79. The van der Waals surface area contributed by atoms with Crippen molar-refractivity contribution in [1.82, 2.24) is 34.3 Å². The fourth-order valence-electron chi connectivity index (χ4n) is 1.87. The Balaban J connectivity index is 2.25. The lowest BCUT2D eigenvalue weighted by atomic mass is 10.4. The summed E-state index contributed by atoms with van der Waals surface area (Å²) >= 11 is 0. The van der Waals surface area contributed by atoms with E-state index in [1.54, 1.807) is 0 Å². The van der Waals surface area contributed by atoms with Crippen molar-refractivity contribution in [3.63, 3.8) is 0 Å². The maximum Gasteiger partial charge on any atom is 0.255 e. The molecular weight excluding hydrogens is 230 g/mol. The molecule has 0 radical (unpaired) electrons. The minimum Gasteiger partial charge on any atom is -0.264 e. The zero-order valence-electron chi connectivity index (χ0n) is 10.5. The van der Waals surface area contributed by atoms with E-state index >= 15 is 0 Å². The second-order valence-electron chi connectivity index (χ2n) is 4.06. The van der Waals surface area contributed by atoms with E-state index in [2.05, 4.69) is 25.3 Å². The lowest BCUT2D eigenvalue weighted by Crippen LogP contribution is -2.02. The molecule has 0 aromatic carbocycles. The minimum atomic E-state index is 0.577.